The lowest BCUT2D eigenvalue weighted by Crippen LogP contribution is -2.17. The molecule has 0 atom stereocenters. The van der Waals surface area contributed by atoms with Crippen LogP contribution in [0.15, 0.2) is 91.0 Å². The highest BCUT2D eigenvalue weighted by Gasteiger charge is 2.23. The predicted molar refractivity (Wildman–Crippen MR) is 173 cm³/mol. The molecule has 0 radical (unpaired) electrons. The number of para-hydroxylation sites is 3. The quantitative estimate of drug-likeness (QED) is 0.145. The fraction of sp³-hybridized carbons (Fsp3) is 0.294. The Labute approximate surface area is 264 Å². The van der Waals surface area contributed by atoms with Crippen molar-refractivity contribution in [3.63, 3.8) is 0 Å². The lowest BCUT2D eigenvalue weighted by Gasteiger charge is -2.26. The third kappa shape index (κ3) is 10.7. The molecular formula is C34H36Cl4O3. The Bertz CT molecular complexity index is 1140. The summed E-state index contributed by atoms with van der Waals surface area (Å²) in [6.45, 7) is 8.26. The van der Waals surface area contributed by atoms with Crippen molar-refractivity contribution in [1.29, 1.82) is 0 Å². The van der Waals surface area contributed by atoms with E-state index in [1.807, 2.05) is 91.0 Å². The van der Waals surface area contributed by atoms with Crippen LogP contribution in [0.2, 0.25) is 0 Å². The predicted octanol–water partition coefficient (Wildman–Crippen LogP) is 10.7. The van der Waals surface area contributed by atoms with Crippen LogP contribution in [0, 0.1) is 0 Å². The monoisotopic (exact) mass is 632 g/mol. The number of hydrogen-bond donors (Lipinski definition) is 0. The summed E-state index contributed by atoms with van der Waals surface area (Å²) in [6.07, 6.45) is 2.75. The molecule has 0 heterocycles. The number of hydrogen-bond acceptors (Lipinski definition) is 3. The van der Waals surface area contributed by atoms with Crippen molar-refractivity contribution in [3.05, 3.63) is 124 Å². The highest BCUT2D eigenvalue weighted by atomic mass is 35.6. The summed E-state index contributed by atoms with van der Waals surface area (Å²) in [5, 5.41) is 0. The Morgan fingerprint density at radius 1 is 0.415 bits per heavy atom. The third-order valence-corrected chi connectivity index (χ3v) is 6.63. The van der Waals surface area contributed by atoms with Crippen LogP contribution in [0.25, 0.3) is 0 Å². The second kappa shape index (κ2) is 16.8. The van der Waals surface area contributed by atoms with Gasteiger partial charge in [0.1, 0.15) is 37.1 Å². The summed E-state index contributed by atoms with van der Waals surface area (Å²) in [7, 11) is 0. The van der Waals surface area contributed by atoms with Gasteiger partial charge >= 0.3 is 0 Å². The smallest absolute Gasteiger partial charge is 0.266 e. The second-order valence-corrected chi connectivity index (χ2v) is 12.6. The number of halogens is 4. The molecule has 0 aliphatic carbocycles. The molecule has 4 rings (SSSR count). The van der Waals surface area contributed by atoms with E-state index < -0.39 is 3.25 Å². The molecule has 7 heteroatoms. The molecule has 3 nitrogen and oxygen atoms in total. The van der Waals surface area contributed by atoms with Crippen LogP contribution in [0.1, 0.15) is 54.2 Å². The van der Waals surface area contributed by atoms with E-state index in [-0.39, 0.29) is 0 Å². The van der Waals surface area contributed by atoms with Gasteiger partial charge in [-0.15, -0.1) is 0 Å². The van der Waals surface area contributed by atoms with E-state index in [0.29, 0.717) is 19.8 Å². The molecule has 41 heavy (non-hydrogen) atoms. The standard InChI is InChI=1S/C33H36O3.CCl4/c1-4-28-31(22-34-25-16-10-7-11-17-25)29(5-2)33(24-36-27-20-14-9-15-21-27)30(6-3)32(28)23-35-26-18-12-8-13-19-26;2-1(3,4)5/h7-21H,4-6,22-24H2,1-3H3;. The van der Waals surface area contributed by atoms with Crippen molar-refractivity contribution in [1.82, 2.24) is 0 Å². The van der Waals surface area contributed by atoms with E-state index in [2.05, 4.69) is 20.8 Å². The lowest BCUT2D eigenvalue weighted by atomic mass is 9.84. The van der Waals surface area contributed by atoms with Gasteiger partial charge in [0, 0.05) is 0 Å². The van der Waals surface area contributed by atoms with E-state index in [9.17, 15) is 0 Å². The van der Waals surface area contributed by atoms with Gasteiger partial charge in [-0.1, -0.05) is 122 Å². The SMILES string of the molecule is CCc1c(COc2ccccc2)c(CC)c(COc2ccccc2)c(CC)c1COc1ccccc1.ClC(Cl)(Cl)Cl. The first-order valence-corrected chi connectivity index (χ1v) is 15.2. The Morgan fingerprint density at radius 2 is 0.634 bits per heavy atom. The maximum Gasteiger partial charge on any atom is 0.266 e. The Kier molecular flexibility index (Phi) is 13.5. The number of alkyl halides is 4. The van der Waals surface area contributed by atoms with E-state index in [4.69, 9.17) is 60.6 Å². The number of benzene rings is 4. The van der Waals surface area contributed by atoms with E-state index in [1.54, 1.807) is 0 Å². The first-order valence-electron chi connectivity index (χ1n) is 13.7. The minimum absolute atomic E-state index is 0.525. The lowest BCUT2D eigenvalue weighted by molar-refractivity contribution is 0.288. The summed E-state index contributed by atoms with van der Waals surface area (Å²) in [5.74, 6) is 2.64. The summed E-state index contributed by atoms with van der Waals surface area (Å²) >= 11 is 19.3. The zero-order chi connectivity index (χ0) is 29.7. The van der Waals surface area contributed by atoms with Crippen molar-refractivity contribution in [2.75, 3.05) is 0 Å². The molecule has 0 N–H and O–H groups in total. The highest BCUT2D eigenvalue weighted by Crippen LogP contribution is 2.33. The third-order valence-electron chi connectivity index (χ3n) is 6.63. The summed E-state index contributed by atoms with van der Waals surface area (Å²) in [5.41, 5.74) is 7.79. The molecule has 4 aromatic carbocycles. The Balaban J connectivity index is 0.000000850. The summed E-state index contributed by atoms with van der Waals surface area (Å²) in [6, 6.07) is 30.1. The van der Waals surface area contributed by atoms with Gasteiger partial charge in [-0.25, -0.2) is 0 Å². The van der Waals surface area contributed by atoms with Crippen molar-refractivity contribution < 1.29 is 14.2 Å². The van der Waals surface area contributed by atoms with Gasteiger partial charge in [0.25, 0.3) is 3.25 Å². The van der Waals surface area contributed by atoms with Crippen molar-refractivity contribution >= 4 is 46.4 Å². The normalized spacial score (nSPS) is 10.9. The van der Waals surface area contributed by atoms with E-state index in [0.717, 1.165) is 36.5 Å². The van der Waals surface area contributed by atoms with Crippen LogP contribution in [0.3, 0.4) is 0 Å². The van der Waals surface area contributed by atoms with Gasteiger partial charge < -0.3 is 14.2 Å². The molecule has 0 amide bonds. The largest absolute Gasteiger partial charge is 0.489 e. The maximum absolute atomic E-state index is 6.30. The molecule has 0 aliphatic rings. The van der Waals surface area contributed by atoms with Crippen molar-refractivity contribution in [2.45, 2.75) is 63.1 Å². The summed E-state index contributed by atoms with van der Waals surface area (Å²) in [4.78, 5) is 0. The van der Waals surface area contributed by atoms with Crippen LogP contribution in [-0.2, 0) is 39.1 Å². The average molecular weight is 634 g/mol. The van der Waals surface area contributed by atoms with Crippen LogP contribution in [0.5, 0.6) is 17.2 Å². The van der Waals surface area contributed by atoms with Crippen LogP contribution >= 0.6 is 46.4 Å². The molecule has 0 spiro atoms. The number of ether oxygens (including phenoxy) is 3. The maximum atomic E-state index is 6.30. The fourth-order valence-corrected chi connectivity index (χ4v) is 4.91. The van der Waals surface area contributed by atoms with Crippen molar-refractivity contribution in [2.24, 2.45) is 0 Å². The Morgan fingerprint density at radius 3 is 0.829 bits per heavy atom. The highest BCUT2D eigenvalue weighted by molar-refractivity contribution is 6.83. The van der Waals surface area contributed by atoms with E-state index in [1.165, 1.54) is 33.4 Å². The first-order chi connectivity index (χ1) is 19.7. The molecule has 0 unspecified atom stereocenters. The fourth-order valence-electron chi connectivity index (χ4n) is 4.91. The van der Waals surface area contributed by atoms with Gasteiger partial charge in [0.15, 0.2) is 0 Å². The van der Waals surface area contributed by atoms with Crippen molar-refractivity contribution in [3.8, 4) is 17.2 Å². The summed E-state index contributed by atoms with van der Waals surface area (Å²) < 4.78 is 17.3. The van der Waals surface area contributed by atoms with Crippen LogP contribution < -0.4 is 14.2 Å². The molecule has 0 aromatic heterocycles. The second-order valence-electron chi connectivity index (χ2n) is 9.17. The molecule has 0 saturated heterocycles. The number of rotatable bonds is 12. The molecule has 218 valence electrons. The molecular weight excluding hydrogens is 598 g/mol. The molecule has 0 aliphatic heterocycles. The molecule has 0 bridgehead atoms. The van der Waals surface area contributed by atoms with Gasteiger partial charge in [-0.2, -0.15) is 0 Å². The van der Waals surface area contributed by atoms with Gasteiger partial charge in [-0.05, 0) is 89.0 Å². The Hall–Kier alpha value is -2.56. The zero-order valence-electron chi connectivity index (χ0n) is 23.6. The molecule has 4 aromatic rings. The average Bonchev–Trinajstić information content (AvgIpc) is 2.98. The minimum Gasteiger partial charge on any atom is -0.489 e. The molecule has 0 saturated carbocycles. The molecule has 0 fully saturated rings. The van der Waals surface area contributed by atoms with Gasteiger partial charge in [-0.3, -0.25) is 0 Å². The van der Waals surface area contributed by atoms with Gasteiger partial charge in [0.05, 0.1) is 0 Å². The topological polar surface area (TPSA) is 27.7 Å². The first kappa shape index (κ1) is 32.9. The minimum atomic E-state index is -1.61. The van der Waals surface area contributed by atoms with Crippen LogP contribution in [-0.4, -0.2) is 3.25 Å². The zero-order valence-corrected chi connectivity index (χ0v) is 26.7. The van der Waals surface area contributed by atoms with E-state index >= 15 is 0 Å². The van der Waals surface area contributed by atoms with Gasteiger partial charge in [0.2, 0.25) is 0 Å². The van der Waals surface area contributed by atoms with Crippen LogP contribution in [0.4, 0.5) is 0 Å².